The van der Waals surface area contributed by atoms with Crippen molar-refractivity contribution in [3.63, 3.8) is 0 Å². The number of sulfonamides is 1. The zero-order valence-corrected chi connectivity index (χ0v) is 14.2. The van der Waals surface area contributed by atoms with Gasteiger partial charge in [0.2, 0.25) is 15.9 Å². The summed E-state index contributed by atoms with van der Waals surface area (Å²) in [4.78, 5) is 22.2. The van der Waals surface area contributed by atoms with Crippen LogP contribution in [0.15, 0.2) is 53.4 Å². The minimum Gasteiger partial charge on any atom is -0.326 e. The van der Waals surface area contributed by atoms with Gasteiger partial charge in [0.25, 0.3) is 5.69 Å². The Kier molecular flexibility index (Phi) is 5.84. The lowest BCUT2D eigenvalue weighted by molar-refractivity contribution is -0.384. The normalized spacial score (nSPS) is 11.1. The topological polar surface area (TPSA) is 118 Å². The third-order valence-electron chi connectivity index (χ3n) is 3.29. The Balaban J connectivity index is 1.99. The molecule has 0 atom stereocenters. The van der Waals surface area contributed by atoms with Gasteiger partial charge in [0, 0.05) is 24.4 Å². The molecule has 0 saturated carbocycles. The Bertz CT molecular complexity index is 862. The highest BCUT2D eigenvalue weighted by Crippen LogP contribution is 2.15. The molecule has 1 amide bonds. The van der Waals surface area contributed by atoms with Crippen LogP contribution in [0.5, 0.6) is 0 Å². The molecule has 132 valence electrons. The molecule has 0 saturated heterocycles. The highest BCUT2D eigenvalue weighted by Gasteiger charge is 2.12. The molecule has 2 aromatic rings. The van der Waals surface area contributed by atoms with E-state index in [1.807, 2.05) is 0 Å². The maximum Gasteiger partial charge on any atom is 0.269 e. The van der Waals surface area contributed by atoms with E-state index < -0.39 is 14.9 Å². The Morgan fingerprint density at radius 3 is 2.20 bits per heavy atom. The van der Waals surface area contributed by atoms with Gasteiger partial charge in [-0.1, -0.05) is 19.1 Å². The first-order chi connectivity index (χ1) is 11.8. The van der Waals surface area contributed by atoms with Crippen LogP contribution < -0.4 is 10.0 Å². The van der Waals surface area contributed by atoms with Crippen molar-refractivity contribution in [1.29, 1.82) is 0 Å². The lowest BCUT2D eigenvalue weighted by Gasteiger charge is -2.08. The van der Waals surface area contributed by atoms with E-state index in [0.29, 0.717) is 11.3 Å². The van der Waals surface area contributed by atoms with Gasteiger partial charge in [-0.25, -0.2) is 13.1 Å². The van der Waals surface area contributed by atoms with Gasteiger partial charge in [-0.3, -0.25) is 14.9 Å². The van der Waals surface area contributed by atoms with Gasteiger partial charge in [-0.2, -0.15) is 0 Å². The molecule has 9 heteroatoms. The van der Waals surface area contributed by atoms with E-state index in [1.165, 1.54) is 48.5 Å². The number of non-ortho nitro benzene ring substituents is 1. The molecule has 0 spiro atoms. The SMILES string of the molecule is CCNS(=O)(=O)c1ccc(NC(=O)Cc2ccc([N+](=O)[O-])cc2)cc1. The summed E-state index contributed by atoms with van der Waals surface area (Å²) in [6.07, 6.45) is 0.0510. The number of carbonyl (C=O) groups is 1. The quantitative estimate of drug-likeness (QED) is 0.577. The zero-order valence-electron chi connectivity index (χ0n) is 13.4. The Morgan fingerprint density at radius 2 is 1.68 bits per heavy atom. The molecule has 2 rings (SSSR count). The van der Waals surface area contributed by atoms with Gasteiger partial charge in [0.05, 0.1) is 16.2 Å². The molecule has 0 aliphatic heterocycles. The van der Waals surface area contributed by atoms with Crippen LogP contribution in [0.25, 0.3) is 0 Å². The third kappa shape index (κ3) is 5.10. The van der Waals surface area contributed by atoms with Gasteiger partial charge in [-0.15, -0.1) is 0 Å². The fourth-order valence-corrected chi connectivity index (χ4v) is 3.16. The molecule has 2 aromatic carbocycles. The molecule has 0 unspecified atom stereocenters. The predicted molar refractivity (Wildman–Crippen MR) is 92.7 cm³/mol. The maximum atomic E-state index is 12.0. The van der Waals surface area contributed by atoms with Crippen LogP contribution in [-0.4, -0.2) is 25.8 Å². The van der Waals surface area contributed by atoms with E-state index in [0.717, 1.165) is 0 Å². The number of hydrogen-bond donors (Lipinski definition) is 2. The van der Waals surface area contributed by atoms with E-state index >= 15 is 0 Å². The van der Waals surface area contributed by atoms with Crippen LogP contribution in [0, 0.1) is 10.1 Å². The second-order valence-corrected chi connectivity index (χ2v) is 6.94. The minimum absolute atomic E-state index is 0.0401. The molecule has 8 nitrogen and oxygen atoms in total. The largest absolute Gasteiger partial charge is 0.326 e. The standard InChI is InChI=1S/C16H17N3O5S/c1-2-17-25(23,24)15-9-5-13(6-10-15)18-16(20)11-12-3-7-14(8-4-12)19(21)22/h3-10,17H,2,11H2,1H3,(H,18,20). The molecule has 0 aliphatic carbocycles. The summed E-state index contributed by atoms with van der Waals surface area (Å²) in [6.45, 7) is 1.97. The molecule has 0 aromatic heterocycles. The number of nitro groups is 1. The summed E-state index contributed by atoms with van der Waals surface area (Å²) in [5.74, 6) is -0.309. The number of rotatable bonds is 7. The minimum atomic E-state index is -3.53. The number of carbonyl (C=O) groups excluding carboxylic acids is 1. The van der Waals surface area contributed by atoms with Crippen LogP contribution in [0.2, 0.25) is 0 Å². The van der Waals surface area contributed by atoms with Crippen LogP contribution in [0.3, 0.4) is 0 Å². The molecule has 0 aliphatic rings. The summed E-state index contributed by atoms with van der Waals surface area (Å²) in [6, 6.07) is 11.5. The summed E-state index contributed by atoms with van der Waals surface area (Å²) < 4.78 is 26.1. The Labute approximate surface area is 145 Å². The van der Waals surface area contributed by atoms with Crippen LogP contribution in [0.4, 0.5) is 11.4 Å². The third-order valence-corrected chi connectivity index (χ3v) is 4.86. The summed E-state index contributed by atoms with van der Waals surface area (Å²) in [5, 5.41) is 13.2. The lowest BCUT2D eigenvalue weighted by atomic mass is 10.1. The monoisotopic (exact) mass is 363 g/mol. The molecule has 0 radical (unpaired) electrons. The van der Waals surface area contributed by atoms with Crippen molar-refractivity contribution in [1.82, 2.24) is 4.72 Å². The van der Waals surface area contributed by atoms with Gasteiger partial charge in [0.1, 0.15) is 0 Å². The first kappa shape index (κ1) is 18.6. The van der Waals surface area contributed by atoms with Gasteiger partial charge >= 0.3 is 0 Å². The molecule has 0 heterocycles. The molecule has 0 bridgehead atoms. The van der Waals surface area contributed by atoms with Crippen LogP contribution in [-0.2, 0) is 21.2 Å². The first-order valence-corrected chi connectivity index (χ1v) is 8.93. The number of nitro benzene ring substituents is 1. The number of amides is 1. The van der Waals surface area contributed by atoms with Crippen molar-refractivity contribution in [2.45, 2.75) is 18.2 Å². The lowest BCUT2D eigenvalue weighted by Crippen LogP contribution is -2.23. The Hall–Kier alpha value is -2.78. The van der Waals surface area contributed by atoms with Crippen molar-refractivity contribution >= 4 is 27.3 Å². The summed E-state index contributed by atoms with van der Waals surface area (Å²) in [7, 11) is -3.53. The number of nitrogens with one attached hydrogen (secondary N) is 2. The van der Waals surface area contributed by atoms with Crippen LogP contribution in [0.1, 0.15) is 12.5 Å². The second kappa shape index (κ2) is 7.86. The van der Waals surface area contributed by atoms with E-state index in [1.54, 1.807) is 6.92 Å². The summed E-state index contributed by atoms with van der Waals surface area (Å²) in [5.41, 5.74) is 1.05. The maximum absolute atomic E-state index is 12.0. The molecule has 2 N–H and O–H groups in total. The zero-order chi connectivity index (χ0) is 18.4. The highest BCUT2D eigenvalue weighted by atomic mass is 32.2. The second-order valence-electron chi connectivity index (χ2n) is 5.17. The smallest absolute Gasteiger partial charge is 0.269 e. The molecule has 0 fully saturated rings. The number of hydrogen-bond acceptors (Lipinski definition) is 5. The average molecular weight is 363 g/mol. The fourth-order valence-electron chi connectivity index (χ4n) is 2.12. The van der Waals surface area contributed by atoms with Crippen molar-refractivity contribution in [3.05, 3.63) is 64.2 Å². The van der Waals surface area contributed by atoms with Gasteiger partial charge in [-0.05, 0) is 29.8 Å². The highest BCUT2D eigenvalue weighted by molar-refractivity contribution is 7.89. The van der Waals surface area contributed by atoms with Gasteiger partial charge < -0.3 is 5.32 Å². The Morgan fingerprint density at radius 1 is 1.08 bits per heavy atom. The van der Waals surface area contributed by atoms with Crippen molar-refractivity contribution < 1.29 is 18.1 Å². The van der Waals surface area contributed by atoms with E-state index in [4.69, 9.17) is 0 Å². The predicted octanol–water partition coefficient (Wildman–Crippen LogP) is 2.07. The van der Waals surface area contributed by atoms with E-state index in [2.05, 4.69) is 10.0 Å². The first-order valence-electron chi connectivity index (χ1n) is 7.44. The number of benzene rings is 2. The van der Waals surface area contributed by atoms with Crippen LogP contribution >= 0.6 is 0 Å². The van der Waals surface area contributed by atoms with Crippen molar-refractivity contribution in [2.75, 3.05) is 11.9 Å². The summed E-state index contributed by atoms with van der Waals surface area (Å²) >= 11 is 0. The van der Waals surface area contributed by atoms with Crippen molar-refractivity contribution in [3.8, 4) is 0 Å². The average Bonchev–Trinajstić information content (AvgIpc) is 2.55. The molecule has 25 heavy (non-hydrogen) atoms. The van der Waals surface area contributed by atoms with Gasteiger partial charge in [0.15, 0.2) is 0 Å². The number of anilines is 1. The molecular weight excluding hydrogens is 346 g/mol. The van der Waals surface area contributed by atoms with Crippen molar-refractivity contribution in [2.24, 2.45) is 0 Å². The number of nitrogens with zero attached hydrogens (tertiary/aromatic N) is 1. The molecular formula is C16H17N3O5S. The van der Waals surface area contributed by atoms with E-state index in [9.17, 15) is 23.3 Å². The van der Waals surface area contributed by atoms with E-state index in [-0.39, 0.29) is 29.5 Å². The fraction of sp³-hybridized carbons (Fsp3) is 0.188.